The van der Waals surface area contributed by atoms with Crippen molar-refractivity contribution in [1.82, 2.24) is 9.62 Å². The molecule has 0 radical (unpaired) electrons. The van der Waals surface area contributed by atoms with E-state index in [2.05, 4.69) is 86.2 Å². The molecule has 0 rings (SSSR count). The van der Waals surface area contributed by atoms with Crippen molar-refractivity contribution >= 4 is 11.0 Å². The minimum absolute atomic E-state index is 0.414. The summed E-state index contributed by atoms with van der Waals surface area (Å²) in [5.74, 6) is 0.766. The van der Waals surface area contributed by atoms with E-state index in [0.717, 1.165) is 31.6 Å². The summed E-state index contributed by atoms with van der Waals surface area (Å²) in [7, 11) is 3.29. The van der Waals surface area contributed by atoms with Crippen LogP contribution < -0.4 is 4.72 Å². The van der Waals surface area contributed by atoms with Crippen molar-refractivity contribution in [3.8, 4) is 0 Å². The molecule has 0 aromatic heterocycles. The van der Waals surface area contributed by atoms with E-state index in [1.54, 1.807) is 0 Å². The van der Waals surface area contributed by atoms with Crippen LogP contribution in [0.25, 0.3) is 0 Å². The Balaban J connectivity index is 4.01. The van der Waals surface area contributed by atoms with Gasteiger partial charge in [0, 0.05) is 11.8 Å². The fraction of sp³-hybridized carbons (Fsp3) is 0.810. The summed E-state index contributed by atoms with van der Waals surface area (Å²) in [5, 5.41) is 0. The highest BCUT2D eigenvalue weighted by molar-refractivity contribution is 7.83. The lowest BCUT2D eigenvalue weighted by Crippen LogP contribution is -2.33. The zero-order chi connectivity index (χ0) is 33.6. The molecule has 0 saturated carbocycles. The molecule has 0 heterocycles. The molecule has 0 fully saturated rings. The summed E-state index contributed by atoms with van der Waals surface area (Å²) >= 11 is 0. The first-order valence-corrected chi connectivity index (χ1v) is 21.3. The molecule has 0 aromatic rings. The first-order chi connectivity index (χ1) is 22.6. The molecule has 0 aliphatic heterocycles. The zero-order valence-electron chi connectivity index (χ0n) is 31.5. The average Bonchev–Trinajstić information content (AvgIpc) is 3.04. The summed E-state index contributed by atoms with van der Waals surface area (Å²) in [6.07, 6.45) is 53.1. The molecule has 0 aromatic carbocycles. The van der Waals surface area contributed by atoms with E-state index in [-0.39, 0.29) is 0 Å². The van der Waals surface area contributed by atoms with Gasteiger partial charge in [0.25, 0.3) is 0 Å². The van der Waals surface area contributed by atoms with Crippen LogP contribution in [0.3, 0.4) is 0 Å². The highest BCUT2D eigenvalue weighted by Crippen LogP contribution is 2.16. The lowest BCUT2D eigenvalue weighted by Gasteiger charge is -2.19. The molecular formula is C42H80N2OS. The quantitative estimate of drug-likeness (QED) is 0.0536. The van der Waals surface area contributed by atoms with Crippen molar-refractivity contribution < 1.29 is 4.21 Å². The van der Waals surface area contributed by atoms with Crippen LogP contribution in [0.2, 0.25) is 0 Å². The van der Waals surface area contributed by atoms with Crippen molar-refractivity contribution in [2.24, 2.45) is 0 Å². The lowest BCUT2D eigenvalue weighted by molar-refractivity contribution is 0.408. The number of nitrogens with one attached hydrogen (secondary N) is 1. The normalized spacial score (nSPS) is 13.8. The summed E-state index contributed by atoms with van der Waals surface area (Å²) in [6.45, 7) is 5.54. The van der Waals surface area contributed by atoms with E-state index < -0.39 is 11.0 Å². The van der Waals surface area contributed by atoms with Crippen LogP contribution in [0, 0.1) is 0 Å². The highest BCUT2D eigenvalue weighted by atomic mass is 32.2. The maximum absolute atomic E-state index is 12.7. The molecule has 4 heteroatoms. The molecule has 1 atom stereocenters. The van der Waals surface area contributed by atoms with Gasteiger partial charge in [0.2, 0.25) is 0 Å². The zero-order valence-corrected chi connectivity index (χ0v) is 32.3. The van der Waals surface area contributed by atoms with E-state index in [1.165, 1.54) is 154 Å². The molecule has 1 N–H and O–H groups in total. The van der Waals surface area contributed by atoms with E-state index in [4.69, 9.17) is 0 Å². The molecule has 0 aliphatic rings. The maximum Gasteiger partial charge on any atom is 0.0918 e. The second kappa shape index (κ2) is 38.5. The Morgan fingerprint density at radius 3 is 1.26 bits per heavy atom. The van der Waals surface area contributed by atoms with E-state index >= 15 is 0 Å². The van der Waals surface area contributed by atoms with Crippen LogP contribution in [-0.4, -0.2) is 41.5 Å². The minimum Gasteiger partial charge on any atom is -0.309 e. The van der Waals surface area contributed by atoms with E-state index in [0.29, 0.717) is 6.04 Å². The van der Waals surface area contributed by atoms with Gasteiger partial charge in [0.1, 0.15) is 0 Å². The highest BCUT2D eigenvalue weighted by Gasteiger charge is 2.12. The third kappa shape index (κ3) is 37.5. The topological polar surface area (TPSA) is 32.3 Å². The summed E-state index contributed by atoms with van der Waals surface area (Å²) in [4.78, 5) is 2.18. The Labute approximate surface area is 292 Å². The summed E-state index contributed by atoms with van der Waals surface area (Å²) in [5.41, 5.74) is 0. The van der Waals surface area contributed by atoms with Gasteiger partial charge >= 0.3 is 0 Å². The van der Waals surface area contributed by atoms with Gasteiger partial charge in [0.05, 0.1) is 11.0 Å². The van der Waals surface area contributed by atoms with Gasteiger partial charge in [-0.25, -0.2) is 8.93 Å². The van der Waals surface area contributed by atoms with E-state index in [9.17, 15) is 4.21 Å². The van der Waals surface area contributed by atoms with Gasteiger partial charge in [-0.15, -0.1) is 0 Å². The minimum atomic E-state index is -0.901. The third-order valence-electron chi connectivity index (χ3n) is 8.74. The fourth-order valence-electron chi connectivity index (χ4n) is 5.78. The Kier molecular flexibility index (Phi) is 37.7. The predicted octanol–water partition coefficient (Wildman–Crippen LogP) is 13.0. The van der Waals surface area contributed by atoms with Gasteiger partial charge in [-0.2, -0.15) is 0 Å². The number of hydrogen-bond donors (Lipinski definition) is 1. The molecule has 0 bridgehead atoms. The molecule has 46 heavy (non-hydrogen) atoms. The predicted molar refractivity (Wildman–Crippen MR) is 211 cm³/mol. The Morgan fingerprint density at radius 2 is 0.870 bits per heavy atom. The smallest absolute Gasteiger partial charge is 0.0918 e. The average molecular weight is 661 g/mol. The van der Waals surface area contributed by atoms with Crippen LogP contribution in [-0.2, 0) is 11.0 Å². The summed E-state index contributed by atoms with van der Waals surface area (Å²) in [6, 6.07) is 0.414. The first-order valence-electron chi connectivity index (χ1n) is 20.0. The molecule has 0 aliphatic carbocycles. The maximum atomic E-state index is 12.7. The Bertz CT molecular complexity index is 694. The second-order valence-corrected chi connectivity index (χ2v) is 15.1. The second-order valence-electron chi connectivity index (χ2n) is 13.8. The lowest BCUT2D eigenvalue weighted by atomic mass is 10.0. The van der Waals surface area contributed by atoms with Crippen molar-refractivity contribution in [3.05, 3.63) is 48.6 Å². The van der Waals surface area contributed by atoms with Crippen molar-refractivity contribution in [2.45, 2.75) is 193 Å². The number of unbranched alkanes of at least 4 members (excludes halogenated alkanes) is 18. The monoisotopic (exact) mass is 661 g/mol. The van der Waals surface area contributed by atoms with Crippen molar-refractivity contribution in [2.75, 3.05) is 26.4 Å². The fourth-order valence-corrected chi connectivity index (χ4v) is 6.89. The van der Waals surface area contributed by atoms with Crippen LogP contribution in [0.4, 0.5) is 0 Å². The summed E-state index contributed by atoms with van der Waals surface area (Å²) < 4.78 is 16.3. The van der Waals surface area contributed by atoms with Gasteiger partial charge < -0.3 is 4.90 Å². The SMILES string of the molecule is CCCCCC=CCC=CCCCCCCCCC(CCCCCCCCC=CCC=CCCCCC)NS(=O)CCCN(C)C. The number of nitrogens with zero attached hydrogens (tertiary/aromatic N) is 1. The van der Waals surface area contributed by atoms with Gasteiger partial charge in [-0.3, -0.25) is 0 Å². The molecule has 0 spiro atoms. The standard InChI is InChI=1S/C42H80N2OS/c1-5-7-9-11-13-15-17-19-21-23-25-27-29-31-33-35-38-42(43-46(45)41-37-40-44(3)4)39-36-34-32-30-28-26-24-22-20-18-16-14-12-10-8-6-2/h13-16,19-22,42-43H,5-12,17-18,23-41H2,1-4H3. The third-order valence-corrected chi connectivity index (χ3v) is 10.00. The Morgan fingerprint density at radius 1 is 0.500 bits per heavy atom. The molecule has 0 saturated heterocycles. The number of hydrogen-bond acceptors (Lipinski definition) is 2. The largest absolute Gasteiger partial charge is 0.309 e. The van der Waals surface area contributed by atoms with Crippen LogP contribution >= 0.6 is 0 Å². The van der Waals surface area contributed by atoms with Crippen LogP contribution in [0.5, 0.6) is 0 Å². The number of allylic oxidation sites excluding steroid dienone is 8. The van der Waals surface area contributed by atoms with Gasteiger partial charge in [0.15, 0.2) is 0 Å². The molecular weight excluding hydrogens is 581 g/mol. The van der Waals surface area contributed by atoms with Crippen LogP contribution in [0.15, 0.2) is 48.6 Å². The van der Waals surface area contributed by atoms with E-state index in [1.807, 2.05) is 0 Å². The first kappa shape index (κ1) is 45.0. The molecule has 270 valence electrons. The van der Waals surface area contributed by atoms with Gasteiger partial charge in [-0.1, -0.05) is 152 Å². The molecule has 3 nitrogen and oxygen atoms in total. The number of rotatable bonds is 36. The van der Waals surface area contributed by atoms with Crippen molar-refractivity contribution in [3.63, 3.8) is 0 Å². The molecule has 1 unspecified atom stereocenters. The van der Waals surface area contributed by atoms with Crippen molar-refractivity contribution in [1.29, 1.82) is 0 Å². The van der Waals surface area contributed by atoms with Gasteiger partial charge in [-0.05, 0) is 104 Å². The Hall–Kier alpha value is -0.970. The molecule has 0 amide bonds. The van der Waals surface area contributed by atoms with Crippen LogP contribution in [0.1, 0.15) is 187 Å².